The minimum Gasteiger partial charge on any atom is -0.378 e. The first-order chi connectivity index (χ1) is 16.0. The van der Waals surface area contributed by atoms with Crippen LogP contribution in [-0.2, 0) is 9.53 Å². The summed E-state index contributed by atoms with van der Waals surface area (Å²) in [6.07, 6.45) is 1.51. The second-order valence-corrected chi connectivity index (χ2v) is 10.3. The van der Waals surface area contributed by atoms with E-state index in [9.17, 15) is 4.79 Å². The molecule has 1 atom stereocenters. The van der Waals surface area contributed by atoms with Gasteiger partial charge in [-0.3, -0.25) is 4.79 Å². The number of fused-ring (bicyclic) bond motifs is 4. The predicted molar refractivity (Wildman–Crippen MR) is 135 cm³/mol. The molecule has 6 rings (SSSR count). The Hall–Kier alpha value is -3.11. The molecule has 4 nitrogen and oxygen atoms in total. The lowest BCUT2D eigenvalue weighted by atomic mass is 9.68. The number of nitrogens with zero attached hydrogens (tertiary/aromatic N) is 1. The van der Waals surface area contributed by atoms with Crippen molar-refractivity contribution in [1.82, 2.24) is 0 Å². The van der Waals surface area contributed by atoms with Crippen LogP contribution in [0.1, 0.15) is 43.9 Å². The molecule has 0 spiro atoms. The molecule has 2 heterocycles. The van der Waals surface area contributed by atoms with Gasteiger partial charge in [0.05, 0.1) is 19.3 Å². The highest BCUT2D eigenvalue weighted by atomic mass is 16.5. The average Bonchev–Trinajstić information content (AvgIpc) is 2.83. The van der Waals surface area contributed by atoms with Crippen LogP contribution in [0.25, 0.3) is 16.3 Å². The van der Waals surface area contributed by atoms with Crippen LogP contribution < -0.4 is 10.2 Å². The van der Waals surface area contributed by atoms with Crippen molar-refractivity contribution in [3.05, 3.63) is 77.4 Å². The first-order valence-electron chi connectivity index (χ1n) is 12.0. The lowest BCUT2D eigenvalue weighted by Gasteiger charge is -2.40. The van der Waals surface area contributed by atoms with Gasteiger partial charge in [-0.15, -0.1) is 0 Å². The zero-order chi connectivity index (χ0) is 22.6. The number of hydrogen-bond acceptors (Lipinski definition) is 4. The zero-order valence-corrected chi connectivity index (χ0v) is 19.4. The highest BCUT2D eigenvalue weighted by molar-refractivity contribution is 6.12. The smallest absolute Gasteiger partial charge is 0.162 e. The number of anilines is 2. The Balaban J connectivity index is 1.47. The molecular weight excluding hydrogens is 408 g/mol. The molecule has 1 fully saturated rings. The molecule has 0 bridgehead atoms. The molecule has 0 radical (unpaired) electrons. The van der Waals surface area contributed by atoms with E-state index in [0.29, 0.717) is 6.42 Å². The van der Waals surface area contributed by atoms with E-state index in [1.807, 2.05) is 0 Å². The Bertz CT molecular complexity index is 1270. The van der Waals surface area contributed by atoms with Crippen LogP contribution in [0.2, 0.25) is 0 Å². The summed E-state index contributed by atoms with van der Waals surface area (Å²) < 4.78 is 5.50. The maximum atomic E-state index is 13.6. The van der Waals surface area contributed by atoms with Gasteiger partial charge in [0.15, 0.2) is 5.78 Å². The molecule has 1 saturated heterocycles. The molecule has 1 aliphatic carbocycles. The molecule has 1 N–H and O–H groups in total. The summed E-state index contributed by atoms with van der Waals surface area (Å²) in [5.41, 5.74) is 6.85. The first-order valence-corrected chi connectivity index (χ1v) is 12.0. The SMILES string of the molecule is CC1(C)CC(=O)C2=C(C1)c1c(ccc3ccccc13)N[C@H]2c1ccc(N2CCOCC2)cc1. The summed E-state index contributed by atoms with van der Waals surface area (Å²) in [5, 5.41) is 6.19. The van der Waals surface area contributed by atoms with Crippen molar-refractivity contribution < 1.29 is 9.53 Å². The van der Waals surface area contributed by atoms with E-state index in [1.165, 1.54) is 27.6 Å². The Labute approximate surface area is 195 Å². The number of ketones is 1. The van der Waals surface area contributed by atoms with Gasteiger partial charge in [-0.05, 0) is 51.9 Å². The number of nitrogens with one attached hydrogen (secondary N) is 1. The Morgan fingerprint density at radius 2 is 1.70 bits per heavy atom. The first kappa shape index (κ1) is 20.5. The van der Waals surface area contributed by atoms with Gasteiger partial charge in [0.25, 0.3) is 0 Å². The van der Waals surface area contributed by atoms with Gasteiger partial charge in [-0.25, -0.2) is 0 Å². The molecule has 33 heavy (non-hydrogen) atoms. The summed E-state index contributed by atoms with van der Waals surface area (Å²) in [7, 11) is 0. The average molecular weight is 439 g/mol. The van der Waals surface area contributed by atoms with Crippen LogP contribution in [-0.4, -0.2) is 32.1 Å². The second-order valence-electron chi connectivity index (χ2n) is 10.3. The summed E-state index contributed by atoms with van der Waals surface area (Å²) in [5.74, 6) is 0.273. The van der Waals surface area contributed by atoms with E-state index in [-0.39, 0.29) is 17.2 Å². The third kappa shape index (κ3) is 3.53. The number of Topliss-reactive ketones (excluding diaryl/α,β-unsaturated/α-hetero) is 1. The van der Waals surface area contributed by atoms with Crippen molar-refractivity contribution in [3.63, 3.8) is 0 Å². The zero-order valence-electron chi connectivity index (χ0n) is 19.4. The Morgan fingerprint density at radius 3 is 2.48 bits per heavy atom. The number of ether oxygens (including phenoxy) is 1. The molecule has 0 aromatic heterocycles. The lowest BCUT2D eigenvalue weighted by molar-refractivity contribution is -0.118. The van der Waals surface area contributed by atoms with E-state index < -0.39 is 0 Å². The fraction of sp³-hybridized carbons (Fsp3) is 0.345. The molecule has 3 aliphatic rings. The Kier molecular flexibility index (Phi) is 4.81. The van der Waals surface area contributed by atoms with Crippen LogP contribution in [0.3, 0.4) is 0 Å². The van der Waals surface area contributed by atoms with E-state index >= 15 is 0 Å². The van der Waals surface area contributed by atoms with Gasteiger partial charge >= 0.3 is 0 Å². The number of rotatable bonds is 2. The van der Waals surface area contributed by atoms with E-state index in [4.69, 9.17) is 4.74 Å². The minimum absolute atomic E-state index is 0.0355. The molecule has 168 valence electrons. The number of carbonyl (C=O) groups is 1. The van der Waals surface area contributed by atoms with Crippen molar-refractivity contribution in [2.75, 3.05) is 36.5 Å². The van der Waals surface area contributed by atoms with Crippen molar-refractivity contribution >= 4 is 33.5 Å². The normalized spacial score (nSPS) is 22.1. The number of carbonyl (C=O) groups excluding carboxylic acids is 1. The number of benzene rings is 3. The molecule has 0 amide bonds. The second kappa shape index (κ2) is 7.74. The summed E-state index contributed by atoms with van der Waals surface area (Å²) in [4.78, 5) is 15.9. The van der Waals surface area contributed by atoms with Crippen LogP contribution in [0.5, 0.6) is 0 Å². The topological polar surface area (TPSA) is 41.6 Å². The molecule has 4 heteroatoms. The van der Waals surface area contributed by atoms with Gasteiger partial charge in [0, 0.05) is 42.0 Å². The molecule has 0 unspecified atom stereocenters. The van der Waals surface area contributed by atoms with Crippen molar-refractivity contribution in [2.24, 2.45) is 5.41 Å². The van der Waals surface area contributed by atoms with Gasteiger partial charge in [0.1, 0.15) is 0 Å². The molecular formula is C29H30N2O2. The van der Waals surface area contributed by atoms with Crippen molar-refractivity contribution in [3.8, 4) is 0 Å². The predicted octanol–water partition coefficient (Wildman–Crippen LogP) is 5.99. The number of allylic oxidation sites excluding steroid dienone is 1. The van der Waals surface area contributed by atoms with Gasteiger partial charge in [0.2, 0.25) is 0 Å². The highest BCUT2D eigenvalue weighted by Crippen LogP contribution is 2.52. The van der Waals surface area contributed by atoms with Crippen LogP contribution in [0, 0.1) is 5.41 Å². The maximum Gasteiger partial charge on any atom is 0.162 e. The summed E-state index contributed by atoms with van der Waals surface area (Å²) >= 11 is 0. The third-order valence-electron chi connectivity index (χ3n) is 7.34. The largest absolute Gasteiger partial charge is 0.378 e. The standard InChI is InChI=1S/C29H30N2O2/c1-29(2)17-23-26-22-6-4-3-5-19(22)9-12-24(26)30-28(27(23)25(32)18-29)20-7-10-21(11-8-20)31-13-15-33-16-14-31/h3-12,28,30H,13-18H2,1-2H3/t28-/m0/s1. The third-order valence-corrected chi connectivity index (χ3v) is 7.34. The maximum absolute atomic E-state index is 13.6. The fourth-order valence-electron chi connectivity index (χ4n) is 5.79. The van der Waals surface area contributed by atoms with Crippen LogP contribution in [0.4, 0.5) is 11.4 Å². The van der Waals surface area contributed by atoms with Gasteiger partial charge < -0.3 is 15.0 Å². The van der Waals surface area contributed by atoms with Crippen LogP contribution >= 0.6 is 0 Å². The molecule has 3 aromatic rings. The monoisotopic (exact) mass is 438 g/mol. The Morgan fingerprint density at radius 1 is 0.939 bits per heavy atom. The molecule has 2 aliphatic heterocycles. The quantitative estimate of drug-likeness (QED) is 0.534. The van der Waals surface area contributed by atoms with Crippen molar-refractivity contribution in [1.29, 1.82) is 0 Å². The van der Waals surface area contributed by atoms with Crippen molar-refractivity contribution in [2.45, 2.75) is 32.7 Å². The number of morpholine rings is 1. The summed E-state index contributed by atoms with van der Waals surface area (Å²) in [6, 6.07) is 21.5. The lowest BCUT2D eigenvalue weighted by Crippen LogP contribution is -2.36. The van der Waals surface area contributed by atoms with E-state index in [0.717, 1.165) is 49.5 Å². The molecule has 0 saturated carbocycles. The number of hydrogen-bond donors (Lipinski definition) is 1. The van der Waals surface area contributed by atoms with Crippen LogP contribution in [0.15, 0.2) is 66.2 Å². The minimum atomic E-state index is -0.115. The van der Waals surface area contributed by atoms with Gasteiger partial charge in [-0.2, -0.15) is 0 Å². The van der Waals surface area contributed by atoms with E-state index in [2.05, 4.69) is 84.7 Å². The van der Waals surface area contributed by atoms with Gasteiger partial charge in [-0.1, -0.05) is 56.3 Å². The van der Waals surface area contributed by atoms with E-state index in [1.54, 1.807) is 0 Å². The molecule has 3 aromatic carbocycles. The summed E-state index contributed by atoms with van der Waals surface area (Å²) in [6.45, 7) is 7.82. The highest BCUT2D eigenvalue weighted by Gasteiger charge is 2.40. The fourth-order valence-corrected chi connectivity index (χ4v) is 5.79.